The highest BCUT2D eigenvalue weighted by molar-refractivity contribution is 5.79. The molecule has 0 aromatic heterocycles. The molecule has 5 nitrogen and oxygen atoms in total. The summed E-state index contributed by atoms with van der Waals surface area (Å²) >= 11 is 0. The molecule has 1 aromatic carbocycles. The number of guanidine groups is 1. The number of likely N-dealkylation sites (tertiary alicyclic amines) is 1. The van der Waals surface area contributed by atoms with E-state index in [0.717, 1.165) is 19.5 Å². The lowest BCUT2D eigenvalue weighted by Crippen LogP contribution is -2.44. The van der Waals surface area contributed by atoms with Gasteiger partial charge in [-0.2, -0.15) is 13.2 Å². The minimum atomic E-state index is -4.13. The summed E-state index contributed by atoms with van der Waals surface area (Å²) in [6.07, 6.45) is -3.36. The Kier molecular flexibility index (Phi) is 9.23. The summed E-state index contributed by atoms with van der Waals surface area (Å²) in [6.45, 7) is 7.66. The Morgan fingerprint density at radius 2 is 1.90 bits per heavy atom. The number of aliphatic imine (C=N–C) groups is 1. The number of halogens is 3. The highest BCUT2D eigenvalue weighted by atomic mass is 19.4. The molecule has 1 aliphatic heterocycles. The molecule has 1 aromatic rings. The quantitative estimate of drug-likeness (QED) is 0.482. The monoisotopic (exact) mass is 413 g/mol. The Bertz CT molecular complexity index is 616. The number of nitrogens with one attached hydrogen (secondary N) is 2. The van der Waals surface area contributed by atoms with Crippen molar-refractivity contribution in [1.29, 1.82) is 0 Å². The second-order valence-electron chi connectivity index (χ2n) is 7.49. The molecule has 0 saturated carbocycles. The third kappa shape index (κ3) is 7.85. The van der Waals surface area contributed by atoms with Gasteiger partial charge in [-0.3, -0.25) is 14.8 Å². The number of hydrogen-bond donors (Lipinski definition) is 2. The van der Waals surface area contributed by atoms with Crippen LogP contribution < -0.4 is 10.6 Å². The average molecular weight is 414 g/mol. The van der Waals surface area contributed by atoms with Crippen molar-refractivity contribution in [1.82, 2.24) is 20.4 Å². The number of rotatable bonds is 9. The topological polar surface area (TPSA) is 42.9 Å². The first-order valence-electron chi connectivity index (χ1n) is 10.4. The molecule has 1 saturated heterocycles. The predicted molar refractivity (Wildman–Crippen MR) is 112 cm³/mol. The van der Waals surface area contributed by atoms with Gasteiger partial charge in [-0.15, -0.1) is 0 Å². The van der Waals surface area contributed by atoms with Crippen molar-refractivity contribution < 1.29 is 13.2 Å². The Morgan fingerprint density at radius 1 is 1.21 bits per heavy atom. The molecule has 0 amide bonds. The fourth-order valence-electron chi connectivity index (χ4n) is 3.93. The molecule has 0 bridgehead atoms. The van der Waals surface area contributed by atoms with Gasteiger partial charge in [0.15, 0.2) is 5.96 Å². The molecule has 2 N–H and O–H groups in total. The van der Waals surface area contributed by atoms with Crippen LogP contribution in [0.4, 0.5) is 13.2 Å². The van der Waals surface area contributed by atoms with Crippen molar-refractivity contribution in [2.45, 2.75) is 32.5 Å². The highest BCUT2D eigenvalue weighted by Gasteiger charge is 2.34. The number of alkyl halides is 3. The van der Waals surface area contributed by atoms with E-state index in [1.807, 2.05) is 18.2 Å². The molecule has 8 heteroatoms. The van der Waals surface area contributed by atoms with Crippen molar-refractivity contribution in [2.24, 2.45) is 10.9 Å². The maximum Gasteiger partial charge on any atom is 0.401 e. The van der Waals surface area contributed by atoms with E-state index in [4.69, 9.17) is 0 Å². The molecule has 1 aliphatic rings. The van der Waals surface area contributed by atoms with Gasteiger partial charge < -0.3 is 10.6 Å². The van der Waals surface area contributed by atoms with Crippen LogP contribution in [-0.2, 0) is 0 Å². The summed E-state index contributed by atoms with van der Waals surface area (Å²) in [5, 5.41) is 6.68. The van der Waals surface area contributed by atoms with Crippen LogP contribution in [0.25, 0.3) is 0 Å². The van der Waals surface area contributed by atoms with Gasteiger partial charge in [0, 0.05) is 26.7 Å². The van der Waals surface area contributed by atoms with Gasteiger partial charge in [-0.05, 0) is 37.5 Å². The maximum absolute atomic E-state index is 12.6. The molecule has 1 heterocycles. The molecule has 29 heavy (non-hydrogen) atoms. The van der Waals surface area contributed by atoms with E-state index in [0.29, 0.717) is 32.1 Å². The van der Waals surface area contributed by atoms with Crippen molar-refractivity contribution in [3.63, 3.8) is 0 Å². The van der Waals surface area contributed by atoms with Gasteiger partial charge in [-0.1, -0.05) is 44.2 Å². The minimum Gasteiger partial charge on any atom is -0.356 e. The Labute approximate surface area is 172 Å². The molecule has 164 valence electrons. The van der Waals surface area contributed by atoms with Crippen LogP contribution in [0.5, 0.6) is 0 Å². The predicted octanol–water partition coefficient (Wildman–Crippen LogP) is 3.12. The Morgan fingerprint density at radius 3 is 2.48 bits per heavy atom. The summed E-state index contributed by atoms with van der Waals surface area (Å²) in [4.78, 5) is 8.16. The zero-order valence-electron chi connectivity index (χ0n) is 17.7. The van der Waals surface area contributed by atoms with E-state index in [2.05, 4.69) is 46.5 Å². The molecule has 2 unspecified atom stereocenters. The minimum absolute atomic E-state index is 0.198. The van der Waals surface area contributed by atoms with Crippen molar-refractivity contribution in [3.8, 4) is 0 Å². The molecular formula is C21H34F3N5. The molecule has 0 spiro atoms. The Hall–Kier alpha value is -1.80. The normalized spacial score (nSPS) is 19.6. The van der Waals surface area contributed by atoms with E-state index < -0.39 is 12.7 Å². The first kappa shape index (κ1) is 23.5. The van der Waals surface area contributed by atoms with E-state index in [1.54, 1.807) is 7.05 Å². The number of benzene rings is 1. The number of likely N-dealkylation sites (N-methyl/N-ethyl adjacent to an activating group) is 1. The maximum atomic E-state index is 12.6. The highest BCUT2D eigenvalue weighted by Crippen LogP contribution is 2.22. The van der Waals surface area contributed by atoms with E-state index in [9.17, 15) is 13.2 Å². The lowest BCUT2D eigenvalue weighted by Gasteiger charge is -2.31. The van der Waals surface area contributed by atoms with Crippen LogP contribution in [0.15, 0.2) is 35.3 Å². The first-order valence-corrected chi connectivity index (χ1v) is 10.4. The van der Waals surface area contributed by atoms with E-state index in [-0.39, 0.29) is 12.0 Å². The summed E-state index contributed by atoms with van der Waals surface area (Å²) in [5.74, 6) is 0.885. The molecule has 0 aliphatic carbocycles. The van der Waals surface area contributed by atoms with E-state index >= 15 is 0 Å². The second kappa shape index (κ2) is 11.4. The van der Waals surface area contributed by atoms with Gasteiger partial charge in [0.2, 0.25) is 0 Å². The van der Waals surface area contributed by atoms with E-state index in [1.165, 1.54) is 10.5 Å². The van der Waals surface area contributed by atoms with Gasteiger partial charge in [-0.25, -0.2) is 0 Å². The molecule has 2 rings (SSSR count). The average Bonchev–Trinajstić information content (AvgIpc) is 3.13. The smallest absolute Gasteiger partial charge is 0.356 e. The molecular weight excluding hydrogens is 379 g/mol. The zero-order chi connectivity index (χ0) is 21.3. The van der Waals surface area contributed by atoms with Gasteiger partial charge in [0.25, 0.3) is 0 Å². The number of hydrogen-bond acceptors (Lipinski definition) is 3. The molecule has 1 fully saturated rings. The zero-order valence-corrected chi connectivity index (χ0v) is 17.7. The summed E-state index contributed by atoms with van der Waals surface area (Å²) < 4.78 is 37.7. The Balaban J connectivity index is 1.85. The fourth-order valence-corrected chi connectivity index (χ4v) is 3.93. The van der Waals surface area contributed by atoms with Crippen LogP contribution in [0, 0.1) is 5.92 Å². The lowest BCUT2D eigenvalue weighted by atomic mass is 10.1. The van der Waals surface area contributed by atoms with Crippen LogP contribution in [0.2, 0.25) is 0 Å². The van der Waals surface area contributed by atoms with Crippen LogP contribution >= 0.6 is 0 Å². The largest absolute Gasteiger partial charge is 0.401 e. The van der Waals surface area contributed by atoms with Crippen LogP contribution in [0.3, 0.4) is 0 Å². The molecule has 0 radical (unpaired) electrons. The van der Waals surface area contributed by atoms with Gasteiger partial charge >= 0.3 is 6.18 Å². The SMILES string of the molecule is CCN(CC)C(CNC(=NC)NCC1CCN(CC(F)(F)F)C1)c1ccccc1. The first-order chi connectivity index (χ1) is 13.9. The third-order valence-corrected chi connectivity index (χ3v) is 5.45. The van der Waals surface area contributed by atoms with Gasteiger partial charge in [0.05, 0.1) is 12.6 Å². The summed E-state index contributed by atoms with van der Waals surface area (Å²) in [6, 6.07) is 10.6. The third-order valence-electron chi connectivity index (χ3n) is 5.45. The van der Waals surface area contributed by atoms with Crippen molar-refractivity contribution >= 4 is 5.96 Å². The fraction of sp³-hybridized carbons (Fsp3) is 0.667. The molecule has 2 atom stereocenters. The second-order valence-corrected chi connectivity index (χ2v) is 7.49. The van der Waals surface area contributed by atoms with Gasteiger partial charge in [0.1, 0.15) is 0 Å². The summed E-state index contributed by atoms with van der Waals surface area (Å²) in [7, 11) is 1.72. The van der Waals surface area contributed by atoms with Crippen LogP contribution in [0.1, 0.15) is 31.9 Å². The lowest BCUT2D eigenvalue weighted by molar-refractivity contribution is -0.143. The van der Waals surface area contributed by atoms with Crippen molar-refractivity contribution in [2.75, 3.05) is 52.9 Å². The van der Waals surface area contributed by atoms with Crippen molar-refractivity contribution in [3.05, 3.63) is 35.9 Å². The van der Waals surface area contributed by atoms with Crippen LogP contribution in [-0.4, -0.2) is 74.8 Å². The summed E-state index contributed by atoms with van der Waals surface area (Å²) in [5.41, 5.74) is 1.25. The standard InChI is InChI=1S/C21H34F3N5/c1-4-29(5-2)19(18-9-7-6-8-10-18)14-27-20(25-3)26-13-17-11-12-28(15-17)16-21(22,23)24/h6-10,17,19H,4-5,11-16H2,1-3H3,(H2,25,26,27). The number of nitrogens with zero attached hydrogens (tertiary/aromatic N) is 3.